The molecule has 0 aromatic heterocycles. The summed E-state index contributed by atoms with van der Waals surface area (Å²) in [6, 6.07) is 6.67. The van der Waals surface area contributed by atoms with E-state index in [1.54, 1.807) is 24.5 Å². The zero-order valence-electron chi connectivity index (χ0n) is 8.40. The molecule has 1 aromatic carbocycles. The standard InChI is InChI=1S/C10H13NO3S/c1-15(14)7-6-11-9-5-3-2-4-8(9)10(12)13/h2-5,11H,6-7H2,1H3,(H,12,13). The van der Waals surface area contributed by atoms with E-state index in [4.69, 9.17) is 5.11 Å². The molecule has 0 saturated heterocycles. The van der Waals surface area contributed by atoms with E-state index in [-0.39, 0.29) is 5.56 Å². The summed E-state index contributed by atoms with van der Waals surface area (Å²) in [5.74, 6) is -0.454. The van der Waals surface area contributed by atoms with Crippen LogP contribution in [0.5, 0.6) is 0 Å². The van der Waals surface area contributed by atoms with Crippen molar-refractivity contribution in [2.24, 2.45) is 0 Å². The molecule has 0 bridgehead atoms. The van der Waals surface area contributed by atoms with Crippen molar-refractivity contribution in [3.8, 4) is 0 Å². The Morgan fingerprint density at radius 2 is 2.13 bits per heavy atom. The molecule has 0 fully saturated rings. The van der Waals surface area contributed by atoms with Gasteiger partial charge in [-0.2, -0.15) is 0 Å². The Balaban J connectivity index is 2.67. The number of carboxylic acids is 1. The fraction of sp³-hybridized carbons (Fsp3) is 0.300. The van der Waals surface area contributed by atoms with Gasteiger partial charge in [0.25, 0.3) is 0 Å². The normalized spacial score (nSPS) is 12.1. The smallest absolute Gasteiger partial charge is 0.337 e. The Labute approximate surface area is 90.8 Å². The van der Waals surface area contributed by atoms with Crippen LogP contribution in [0.15, 0.2) is 24.3 Å². The van der Waals surface area contributed by atoms with Gasteiger partial charge in [0.1, 0.15) is 0 Å². The van der Waals surface area contributed by atoms with Crippen molar-refractivity contribution in [2.45, 2.75) is 0 Å². The largest absolute Gasteiger partial charge is 0.478 e. The number of rotatable bonds is 5. The molecular formula is C10H13NO3S. The molecule has 0 aliphatic rings. The number of carboxylic acid groups (broad SMARTS) is 1. The Morgan fingerprint density at radius 1 is 1.47 bits per heavy atom. The molecule has 0 saturated carbocycles. The Hall–Kier alpha value is -1.36. The van der Waals surface area contributed by atoms with Gasteiger partial charge in [0.15, 0.2) is 0 Å². The quantitative estimate of drug-likeness (QED) is 0.792. The van der Waals surface area contributed by atoms with Gasteiger partial charge in [-0.05, 0) is 12.1 Å². The summed E-state index contributed by atoms with van der Waals surface area (Å²) >= 11 is 0. The van der Waals surface area contributed by atoms with Crippen LogP contribution in [0.3, 0.4) is 0 Å². The minimum Gasteiger partial charge on any atom is -0.478 e. The summed E-state index contributed by atoms with van der Waals surface area (Å²) in [7, 11) is -0.866. The van der Waals surface area contributed by atoms with E-state index in [0.29, 0.717) is 18.0 Å². The van der Waals surface area contributed by atoms with Crippen molar-refractivity contribution in [3.05, 3.63) is 29.8 Å². The van der Waals surface area contributed by atoms with Gasteiger partial charge >= 0.3 is 5.97 Å². The average Bonchev–Trinajstić information content (AvgIpc) is 2.17. The number of carbonyl (C=O) groups is 1. The maximum Gasteiger partial charge on any atom is 0.337 e. The van der Waals surface area contributed by atoms with E-state index in [1.807, 2.05) is 0 Å². The maximum absolute atomic E-state index is 10.8. The second-order valence-electron chi connectivity index (χ2n) is 3.05. The molecule has 82 valence electrons. The van der Waals surface area contributed by atoms with E-state index in [2.05, 4.69) is 5.32 Å². The third kappa shape index (κ3) is 3.71. The number of anilines is 1. The van der Waals surface area contributed by atoms with Crippen LogP contribution < -0.4 is 5.32 Å². The highest BCUT2D eigenvalue weighted by Crippen LogP contribution is 2.14. The molecule has 1 unspecified atom stereocenters. The van der Waals surface area contributed by atoms with Crippen LogP contribution >= 0.6 is 0 Å². The topological polar surface area (TPSA) is 66.4 Å². The molecule has 1 rings (SSSR count). The van der Waals surface area contributed by atoms with Gasteiger partial charge in [-0.1, -0.05) is 12.1 Å². The predicted molar refractivity (Wildman–Crippen MR) is 60.8 cm³/mol. The molecule has 4 nitrogen and oxygen atoms in total. The molecule has 15 heavy (non-hydrogen) atoms. The zero-order valence-corrected chi connectivity index (χ0v) is 9.21. The highest BCUT2D eigenvalue weighted by molar-refractivity contribution is 7.84. The van der Waals surface area contributed by atoms with Crippen molar-refractivity contribution >= 4 is 22.5 Å². The fourth-order valence-corrected chi connectivity index (χ4v) is 1.54. The number of para-hydroxylation sites is 1. The molecule has 1 atom stereocenters. The highest BCUT2D eigenvalue weighted by Gasteiger charge is 2.07. The predicted octanol–water partition coefficient (Wildman–Crippen LogP) is 1.18. The second-order valence-corrected chi connectivity index (χ2v) is 4.61. The summed E-state index contributed by atoms with van der Waals surface area (Å²) < 4.78 is 10.8. The number of hydrogen-bond acceptors (Lipinski definition) is 3. The maximum atomic E-state index is 10.8. The van der Waals surface area contributed by atoms with Crippen LogP contribution in [0.1, 0.15) is 10.4 Å². The first-order valence-electron chi connectivity index (χ1n) is 4.47. The van der Waals surface area contributed by atoms with Crippen LogP contribution in [-0.2, 0) is 10.8 Å². The van der Waals surface area contributed by atoms with Gasteiger partial charge in [-0.15, -0.1) is 0 Å². The molecule has 0 heterocycles. The number of aromatic carboxylic acids is 1. The second kappa shape index (κ2) is 5.50. The SMILES string of the molecule is CS(=O)CCNc1ccccc1C(=O)O. The highest BCUT2D eigenvalue weighted by atomic mass is 32.2. The average molecular weight is 227 g/mol. The van der Waals surface area contributed by atoms with Gasteiger partial charge in [-0.3, -0.25) is 4.21 Å². The zero-order chi connectivity index (χ0) is 11.3. The first kappa shape index (κ1) is 11.7. The van der Waals surface area contributed by atoms with E-state index < -0.39 is 16.8 Å². The molecule has 2 N–H and O–H groups in total. The Bertz CT molecular complexity index is 379. The van der Waals surface area contributed by atoms with E-state index in [0.717, 1.165) is 0 Å². The van der Waals surface area contributed by atoms with Gasteiger partial charge < -0.3 is 10.4 Å². The summed E-state index contributed by atoms with van der Waals surface area (Å²) in [4.78, 5) is 10.8. The van der Waals surface area contributed by atoms with Crippen molar-refractivity contribution < 1.29 is 14.1 Å². The molecule has 0 aliphatic heterocycles. The van der Waals surface area contributed by atoms with Crippen molar-refractivity contribution in [1.29, 1.82) is 0 Å². The van der Waals surface area contributed by atoms with E-state index >= 15 is 0 Å². The monoisotopic (exact) mass is 227 g/mol. The van der Waals surface area contributed by atoms with Crippen molar-refractivity contribution in [1.82, 2.24) is 0 Å². The summed E-state index contributed by atoms with van der Waals surface area (Å²) in [5, 5.41) is 11.8. The lowest BCUT2D eigenvalue weighted by Gasteiger charge is -2.07. The van der Waals surface area contributed by atoms with Gasteiger partial charge in [0.2, 0.25) is 0 Å². The van der Waals surface area contributed by atoms with Crippen molar-refractivity contribution in [2.75, 3.05) is 23.9 Å². The Kier molecular flexibility index (Phi) is 4.30. The van der Waals surface area contributed by atoms with Crippen molar-refractivity contribution in [3.63, 3.8) is 0 Å². The number of nitrogens with one attached hydrogen (secondary N) is 1. The van der Waals surface area contributed by atoms with Crippen LogP contribution in [0.25, 0.3) is 0 Å². The van der Waals surface area contributed by atoms with Gasteiger partial charge in [0.05, 0.1) is 5.56 Å². The van der Waals surface area contributed by atoms with Crippen LogP contribution in [-0.4, -0.2) is 33.8 Å². The molecule has 0 spiro atoms. The molecule has 1 aromatic rings. The third-order valence-corrected chi connectivity index (χ3v) is 2.64. The number of hydrogen-bond donors (Lipinski definition) is 2. The molecule has 5 heteroatoms. The summed E-state index contributed by atoms with van der Waals surface area (Å²) in [5.41, 5.74) is 0.801. The van der Waals surface area contributed by atoms with E-state index in [9.17, 15) is 9.00 Å². The molecule has 0 aliphatic carbocycles. The molecule has 0 radical (unpaired) electrons. The first-order valence-corrected chi connectivity index (χ1v) is 6.20. The fourth-order valence-electron chi connectivity index (χ4n) is 1.15. The van der Waals surface area contributed by atoms with Gasteiger partial charge in [0, 0.05) is 35.0 Å². The lowest BCUT2D eigenvalue weighted by atomic mass is 10.2. The minimum atomic E-state index is -0.962. The lowest BCUT2D eigenvalue weighted by molar-refractivity contribution is 0.0698. The minimum absolute atomic E-state index is 0.236. The van der Waals surface area contributed by atoms with Crippen LogP contribution in [0, 0.1) is 0 Å². The summed E-state index contributed by atoms with van der Waals surface area (Å²) in [6.07, 6.45) is 1.62. The van der Waals surface area contributed by atoms with Gasteiger partial charge in [-0.25, -0.2) is 4.79 Å². The third-order valence-electron chi connectivity index (χ3n) is 1.86. The molecule has 0 amide bonds. The summed E-state index contributed by atoms with van der Waals surface area (Å²) in [6.45, 7) is 0.507. The van der Waals surface area contributed by atoms with E-state index in [1.165, 1.54) is 6.07 Å². The Morgan fingerprint density at radius 3 is 2.73 bits per heavy atom. The number of benzene rings is 1. The first-order chi connectivity index (χ1) is 7.11. The lowest BCUT2D eigenvalue weighted by Crippen LogP contribution is -2.12. The van der Waals surface area contributed by atoms with Crippen LogP contribution in [0.2, 0.25) is 0 Å². The van der Waals surface area contributed by atoms with Crippen LogP contribution in [0.4, 0.5) is 5.69 Å². The molecular weight excluding hydrogens is 214 g/mol.